The van der Waals surface area contributed by atoms with Gasteiger partial charge in [-0.05, 0) is 63.1 Å². The van der Waals surface area contributed by atoms with Gasteiger partial charge in [0.05, 0.1) is 0 Å². The van der Waals surface area contributed by atoms with Gasteiger partial charge in [0, 0.05) is 25.3 Å². The molecule has 114 valence electrons. The molecular weight excluding hydrogens is 256 g/mol. The Kier molecular flexibility index (Phi) is 5.34. The molecule has 1 fully saturated rings. The van der Waals surface area contributed by atoms with E-state index in [-0.39, 0.29) is 0 Å². The number of hydrogen-bond donors (Lipinski definition) is 1. The molecule has 0 amide bonds. The van der Waals surface area contributed by atoms with Gasteiger partial charge in [0.1, 0.15) is 0 Å². The van der Waals surface area contributed by atoms with Crippen LogP contribution in [-0.2, 0) is 6.54 Å². The average Bonchev–Trinajstić information content (AvgIpc) is 3.07. The molecule has 2 aliphatic rings. The Morgan fingerprint density at radius 2 is 1.86 bits per heavy atom. The fourth-order valence-corrected chi connectivity index (χ4v) is 3.53. The molecule has 0 spiro atoms. The second-order valence-electron chi connectivity index (χ2n) is 6.36. The van der Waals surface area contributed by atoms with Crippen molar-refractivity contribution < 1.29 is 0 Å². The van der Waals surface area contributed by atoms with E-state index in [2.05, 4.69) is 40.6 Å². The van der Waals surface area contributed by atoms with Crippen molar-refractivity contribution in [1.82, 2.24) is 5.32 Å². The quantitative estimate of drug-likeness (QED) is 0.620. The lowest BCUT2D eigenvalue weighted by molar-refractivity contribution is 0.632. The highest BCUT2D eigenvalue weighted by molar-refractivity contribution is 5.54. The van der Waals surface area contributed by atoms with Gasteiger partial charge in [-0.15, -0.1) is 0 Å². The van der Waals surface area contributed by atoms with Crippen molar-refractivity contribution in [2.45, 2.75) is 51.5 Å². The summed E-state index contributed by atoms with van der Waals surface area (Å²) in [5.74, 6) is 0. The summed E-state index contributed by atoms with van der Waals surface area (Å²) in [6.07, 6.45) is 11.8. The SMILES string of the molecule is C1=C(CCNCc2ccccc2N2CCCC2)CCCC1. The van der Waals surface area contributed by atoms with E-state index in [4.69, 9.17) is 0 Å². The molecule has 2 heteroatoms. The molecule has 1 heterocycles. The lowest BCUT2D eigenvalue weighted by Crippen LogP contribution is -2.22. The monoisotopic (exact) mass is 284 g/mol. The van der Waals surface area contributed by atoms with Gasteiger partial charge >= 0.3 is 0 Å². The molecular formula is C19H28N2. The van der Waals surface area contributed by atoms with E-state index in [0.717, 1.165) is 13.1 Å². The van der Waals surface area contributed by atoms with Crippen LogP contribution in [-0.4, -0.2) is 19.6 Å². The molecule has 21 heavy (non-hydrogen) atoms. The first-order valence-electron chi connectivity index (χ1n) is 8.65. The van der Waals surface area contributed by atoms with Crippen molar-refractivity contribution in [3.63, 3.8) is 0 Å². The minimum Gasteiger partial charge on any atom is -0.371 e. The summed E-state index contributed by atoms with van der Waals surface area (Å²) in [5, 5.41) is 3.65. The first-order chi connectivity index (χ1) is 10.4. The number of hydrogen-bond acceptors (Lipinski definition) is 2. The Balaban J connectivity index is 1.49. The van der Waals surface area contributed by atoms with E-state index >= 15 is 0 Å². The summed E-state index contributed by atoms with van der Waals surface area (Å²) < 4.78 is 0. The Hall–Kier alpha value is -1.28. The Bertz CT molecular complexity index is 472. The van der Waals surface area contributed by atoms with Gasteiger partial charge in [-0.2, -0.15) is 0 Å². The number of benzene rings is 1. The third-order valence-electron chi connectivity index (χ3n) is 4.76. The number of nitrogens with one attached hydrogen (secondary N) is 1. The van der Waals surface area contributed by atoms with Crippen molar-refractivity contribution in [2.75, 3.05) is 24.5 Å². The Morgan fingerprint density at radius 3 is 2.67 bits per heavy atom. The molecule has 0 radical (unpaired) electrons. The molecule has 0 unspecified atom stereocenters. The first kappa shape index (κ1) is 14.6. The van der Waals surface area contributed by atoms with E-state index in [1.54, 1.807) is 5.57 Å². The van der Waals surface area contributed by atoms with Crippen LogP contribution in [0.15, 0.2) is 35.9 Å². The zero-order chi connectivity index (χ0) is 14.3. The predicted molar refractivity (Wildman–Crippen MR) is 90.8 cm³/mol. The second kappa shape index (κ2) is 7.65. The van der Waals surface area contributed by atoms with Crippen LogP contribution in [0.5, 0.6) is 0 Å². The molecule has 0 atom stereocenters. The van der Waals surface area contributed by atoms with E-state index in [1.807, 2.05) is 0 Å². The lowest BCUT2D eigenvalue weighted by Gasteiger charge is -2.21. The molecule has 1 aromatic rings. The third kappa shape index (κ3) is 4.10. The fraction of sp³-hybridized carbons (Fsp3) is 0.579. The number of allylic oxidation sites excluding steroid dienone is 1. The topological polar surface area (TPSA) is 15.3 Å². The van der Waals surface area contributed by atoms with Crippen LogP contribution in [0.25, 0.3) is 0 Å². The summed E-state index contributed by atoms with van der Waals surface area (Å²) >= 11 is 0. The van der Waals surface area contributed by atoms with E-state index in [1.165, 1.54) is 69.3 Å². The van der Waals surface area contributed by atoms with Gasteiger partial charge < -0.3 is 10.2 Å². The maximum atomic E-state index is 3.65. The molecule has 0 bridgehead atoms. The molecule has 1 saturated heterocycles. The van der Waals surface area contributed by atoms with Gasteiger partial charge in [0.15, 0.2) is 0 Å². The average molecular weight is 284 g/mol. The van der Waals surface area contributed by atoms with Crippen LogP contribution in [0, 0.1) is 0 Å². The predicted octanol–water partition coefficient (Wildman–Crippen LogP) is 4.27. The molecule has 1 aliphatic heterocycles. The summed E-state index contributed by atoms with van der Waals surface area (Å²) in [7, 11) is 0. The second-order valence-corrected chi connectivity index (χ2v) is 6.36. The van der Waals surface area contributed by atoms with Crippen LogP contribution >= 0.6 is 0 Å². The van der Waals surface area contributed by atoms with Crippen molar-refractivity contribution >= 4 is 5.69 Å². The minimum absolute atomic E-state index is 1.000. The van der Waals surface area contributed by atoms with Gasteiger partial charge in [0.25, 0.3) is 0 Å². The van der Waals surface area contributed by atoms with Crippen molar-refractivity contribution in [1.29, 1.82) is 0 Å². The Morgan fingerprint density at radius 1 is 1.00 bits per heavy atom. The first-order valence-corrected chi connectivity index (χ1v) is 8.65. The van der Waals surface area contributed by atoms with E-state index in [9.17, 15) is 0 Å². The highest BCUT2D eigenvalue weighted by Crippen LogP contribution is 2.24. The molecule has 0 saturated carbocycles. The van der Waals surface area contributed by atoms with Gasteiger partial charge in [-0.25, -0.2) is 0 Å². The highest BCUT2D eigenvalue weighted by Gasteiger charge is 2.14. The standard InChI is InChI=1S/C19H28N2/c1-2-8-17(9-3-1)12-13-20-16-18-10-4-5-11-19(18)21-14-6-7-15-21/h4-5,8,10-11,20H,1-3,6-7,9,12-16H2. The van der Waals surface area contributed by atoms with E-state index < -0.39 is 0 Å². The largest absolute Gasteiger partial charge is 0.371 e. The van der Waals surface area contributed by atoms with Gasteiger partial charge in [-0.1, -0.05) is 29.8 Å². The van der Waals surface area contributed by atoms with Crippen molar-refractivity contribution in [2.24, 2.45) is 0 Å². The lowest BCUT2D eigenvalue weighted by atomic mass is 9.97. The van der Waals surface area contributed by atoms with Crippen LogP contribution in [0.3, 0.4) is 0 Å². The highest BCUT2D eigenvalue weighted by atomic mass is 15.1. The summed E-state index contributed by atoms with van der Waals surface area (Å²) in [5.41, 5.74) is 4.57. The summed E-state index contributed by atoms with van der Waals surface area (Å²) in [4.78, 5) is 2.54. The molecule has 0 aromatic heterocycles. The normalized spacial score (nSPS) is 18.9. The molecule has 3 rings (SSSR count). The number of nitrogens with zero attached hydrogens (tertiary/aromatic N) is 1. The van der Waals surface area contributed by atoms with Gasteiger partial charge in [0.2, 0.25) is 0 Å². The summed E-state index contributed by atoms with van der Waals surface area (Å²) in [6.45, 7) is 4.56. The number of rotatable bonds is 6. The molecule has 1 aliphatic carbocycles. The fourth-order valence-electron chi connectivity index (χ4n) is 3.53. The molecule has 2 nitrogen and oxygen atoms in total. The maximum absolute atomic E-state index is 3.65. The minimum atomic E-state index is 1.000. The van der Waals surface area contributed by atoms with Gasteiger partial charge in [-0.3, -0.25) is 0 Å². The smallest absolute Gasteiger partial charge is 0.0411 e. The van der Waals surface area contributed by atoms with Crippen molar-refractivity contribution in [3.8, 4) is 0 Å². The van der Waals surface area contributed by atoms with Crippen LogP contribution < -0.4 is 10.2 Å². The zero-order valence-corrected chi connectivity index (χ0v) is 13.1. The van der Waals surface area contributed by atoms with Crippen LogP contribution in [0.1, 0.15) is 50.5 Å². The molecule has 1 aromatic carbocycles. The summed E-state index contributed by atoms with van der Waals surface area (Å²) in [6, 6.07) is 8.90. The zero-order valence-electron chi connectivity index (χ0n) is 13.1. The third-order valence-corrected chi connectivity index (χ3v) is 4.76. The molecule has 1 N–H and O–H groups in total. The Labute approximate surface area is 129 Å². The van der Waals surface area contributed by atoms with E-state index in [0.29, 0.717) is 0 Å². The number of anilines is 1. The van der Waals surface area contributed by atoms with Crippen molar-refractivity contribution in [3.05, 3.63) is 41.5 Å². The van der Waals surface area contributed by atoms with Crippen LogP contribution in [0.2, 0.25) is 0 Å². The maximum Gasteiger partial charge on any atom is 0.0411 e. The van der Waals surface area contributed by atoms with Crippen LogP contribution in [0.4, 0.5) is 5.69 Å². The number of para-hydroxylation sites is 1.